The molecule has 0 aromatic heterocycles. The van der Waals surface area contributed by atoms with E-state index in [1.54, 1.807) is 0 Å². The van der Waals surface area contributed by atoms with Gasteiger partial charge in [0.2, 0.25) is 5.91 Å². The van der Waals surface area contributed by atoms with Crippen molar-refractivity contribution in [2.24, 2.45) is 11.7 Å². The average Bonchev–Trinajstić information content (AvgIpc) is 2.83. The van der Waals surface area contributed by atoms with Crippen LogP contribution in [0.1, 0.15) is 6.42 Å². The largest absolute Gasteiger partial charge is 0.480 e. The van der Waals surface area contributed by atoms with Crippen LogP contribution in [-0.2, 0) is 14.3 Å². The van der Waals surface area contributed by atoms with Crippen molar-refractivity contribution in [3.8, 4) is 0 Å². The van der Waals surface area contributed by atoms with E-state index in [0.717, 1.165) is 0 Å². The third kappa shape index (κ3) is 2.26. The van der Waals surface area contributed by atoms with Gasteiger partial charge in [-0.3, -0.25) is 4.79 Å². The number of nitrogens with zero attached hydrogens (tertiary/aromatic N) is 1. The topological polar surface area (TPSA) is 113 Å². The number of aliphatic carboxylic acids is 1. The summed E-state index contributed by atoms with van der Waals surface area (Å²) >= 11 is 0. The van der Waals surface area contributed by atoms with Crippen LogP contribution in [0.4, 0.5) is 0 Å². The van der Waals surface area contributed by atoms with Crippen molar-refractivity contribution in [1.29, 1.82) is 0 Å². The van der Waals surface area contributed by atoms with Crippen molar-refractivity contribution in [2.75, 3.05) is 19.8 Å². The van der Waals surface area contributed by atoms with Crippen molar-refractivity contribution in [1.82, 2.24) is 4.90 Å². The first-order chi connectivity index (χ1) is 8.00. The quantitative estimate of drug-likeness (QED) is 0.518. The molecule has 17 heavy (non-hydrogen) atoms. The first-order valence-corrected chi connectivity index (χ1v) is 5.55. The molecule has 7 heteroatoms. The Bertz CT molecular complexity index is 335. The number of likely N-dealkylation sites (tertiary alicyclic amines) is 1. The first-order valence-electron chi connectivity index (χ1n) is 5.55. The predicted octanol–water partition coefficient (Wildman–Crippen LogP) is -1.99. The molecule has 96 valence electrons. The lowest BCUT2D eigenvalue weighted by molar-refractivity contribution is -0.150. The zero-order valence-corrected chi connectivity index (χ0v) is 9.28. The summed E-state index contributed by atoms with van der Waals surface area (Å²) in [5.74, 6) is -1.93. The standard InChI is InChI=1S/C10H16N2O5/c11-7-4-17-3-6(7)9(14)12-2-5(13)1-8(12)10(15)16/h5-8,13H,1-4,11H2,(H,15,16)/t5-,6?,7?,8-/m0/s1. The number of carboxylic acid groups (broad SMARTS) is 1. The monoisotopic (exact) mass is 244 g/mol. The molecule has 4 atom stereocenters. The molecule has 2 unspecified atom stereocenters. The van der Waals surface area contributed by atoms with Crippen LogP contribution in [0.25, 0.3) is 0 Å². The number of amides is 1. The molecule has 0 radical (unpaired) electrons. The van der Waals surface area contributed by atoms with Gasteiger partial charge < -0.3 is 25.6 Å². The maximum absolute atomic E-state index is 12.1. The molecule has 0 aliphatic carbocycles. The minimum Gasteiger partial charge on any atom is -0.480 e. The van der Waals surface area contributed by atoms with Gasteiger partial charge >= 0.3 is 5.97 Å². The molecule has 0 spiro atoms. The fourth-order valence-corrected chi connectivity index (χ4v) is 2.33. The van der Waals surface area contributed by atoms with Crippen LogP contribution in [0, 0.1) is 5.92 Å². The SMILES string of the molecule is NC1COCC1C(=O)N1C[C@@H](O)C[C@H]1C(=O)O. The van der Waals surface area contributed by atoms with Gasteiger partial charge in [0.25, 0.3) is 0 Å². The molecule has 2 heterocycles. The summed E-state index contributed by atoms with van der Waals surface area (Å²) in [6.07, 6.45) is -0.706. The molecular weight excluding hydrogens is 228 g/mol. The highest BCUT2D eigenvalue weighted by atomic mass is 16.5. The zero-order chi connectivity index (χ0) is 12.6. The molecule has 0 aromatic rings. The average molecular weight is 244 g/mol. The molecule has 1 amide bonds. The van der Waals surface area contributed by atoms with Crippen molar-refractivity contribution >= 4 is 11.9 Å². The fourth-order valence-electron chi connectivity index (χ4n) is 2.33. The molecule has 4 N–H and O–H groups in total. The molecule has 0 saturated carbocycles. The zero-order valence-electron chi connectivity index (χ0n) is 9.28. The Hall–Kier alpha value is -1.18. The summed E-state index contributed by atoms with van der Waals surface area (Å²) in [6, 6.07) is -1.35. The maximum Gasteiger partial charge on any atom is 0.326 e. The van der Waals surface area contributed by atoms with E-state index < -0.39 is 30.1 Å². The number of β-amino-alcohol motifs (C(OH)–C–C–N with tert-alkyl or cyclic N) is 1. The van der Waals surface area contributed by atoms with Gasteiger partial charge in [-0.15, -0.1) is 0 Å². The number of carbonyl (C=O) groups excluding carboxylic acids is 1. The highest BCUT2D eigenvalue weighted by Gasteiger charge is 2.43. The number of aliphatic hydroxyl groups excluding tert-OH is 1. The number of nitrogens with two attached hydrogens (primary N) is 1. The van der Waals surface area contributed by atoms with Crippen LogP contribution < -0.4 is 5.73 Å². The molecule has 7 nitrogen and oxygen atoms in total. The number of hydrogen-bond acceptors (Lipinski definition) is 5. The van der Waals surface area contributed by atoms with E-state index >= 15 is 0 Å². The molecule has 2 rings (SSSR count). The molecule has 2 fully saturated rings. The molecule has 2 aliphatic rings. The van der Waals surface area contributed by atoms with Gasteiger partial charge in [0.15, 0.2) is 0 Å². The van der Waals surface area contributed by atoms with Crippen molar-refractivity contribution < 1.29 is 24.5 Å². The van der Waals surface area contributed by atoms with Gasteiger partial charge in [-0.2, -0.15) is 0 Å². The van der Waals surface area contributed by atoms with Gasteiger partial charge in [-0.25, -0.2) is 4.79 Å². The van der Waals surface area contributed by atoms with E-state index in [0.29, 0.717) is 6.61 Å². The summed E-state index contributed by atoms with van der Waals surface area (Å²) in [4.78, 5) is 24.3. The molecule has 2 aliphatic heterocycles. The van der Waals surface area contributed by atoms with Crippen LogP contribution in [0.15, 0.2) is 0 Å². The van der Waals surface area contributed by atoms with Gasteiger partial charge in [-0.05, 0) is 0 Å². The second kappa shape index (κ2) is 4.59. The summed E-state index contributed by atoms with van der Waals surface area (Å²) in [7, 11) is 0. The molecular formula is C10H16N2O5. The third-order valence-corrected chi connectivity index (χ3v) is 3.29. The fraction of sp³-hybridized carbons (Fsp3) is 0.800. The van der Waals surface area contributed by atoms with Crippen LogP contribution in [0.3, 0.4) is 0 Å². The lowest BCUT2D eigenvalue weighted by atomic mass is 10.0. The Labute approximate surface area is 98.1 Å². The second-order valence-corrected chi connectivity index (χ2v) is 4.54. The molecule has 2 saturated heterocycles. The van der Waals surface area contributed by atoms with Crippen molar-refractivity contribution in [3.05, 3.63) is 0 Å². The number of carbonyl (C=O) groups is 2. The number of carboxylic acids is 1. The van der Waals surface area contributed by atoms with Crippen LogP contribution in [0.5, 0.6) is 0 Å². The Morgan fingerprint density at radius 1 is 1.35 bits per heavy atom. The maximum atomic E-state index is 12.1. The Morgan fingerprint density at radius 3 is 2.59 bits per heavy atom. The van der Waals surface area contributed by atoms with E-state index in [9.17, 15) is 14.7 Å². The third-order valence-electron chi connectivity index (χ3n) is 3.29. The van der Waals surface area contributed by atoms with Gasteiger partial charge in [0, 0.05) is 19.0 Å². The number of rotatable bonds is 2. The van der Waals surface area contributed by atoms with Crippen LogP contribution >= 0.6 is 0 Å². The lowest BCUT2D eigenvalue weighted by Gasteiger charge is -2.25. The summed E-state index contributed by atoms with van der Waals surface area (Å²) in [5.41, 5.74) is 5.72. The van der Waals surface area contributed by atoms with Crippen LogP contribution in [-0.4, -0.2) is 64.9 Å². The van der Waals surface area contributed by atoms with E-state index in [1.165, 1.54) is 4.90 Å². The Kier molecular flexibility index (Phi) is 3.32. The summed E-state index contributed by atoms with van der Waals surface area (Å²) < 4.78 is 5.09. The minimum atomic E-state index is -1.10. The minimum absolute atomic E-state index is 0.0546. The van der Waals surface area contributed by atoms with Gasteiger partial charge in [0.1, 0.15) is 6.04 Å². The van der Waals surface area contributed by atoms with Gasteiger partial charge in [-0.1, -0.05) is 0 Å². The van der Waals surface area contributed by atoms with E-state index in [4.69, 9.17) is 15.6 Å². The molecule has 0 aromatic carbocycles. The first kappa shape index (κ1) is 12.3. The number of hydrogen-bond donors (Lipinski definition) is 3. The van der Waals surface area contributed by atoms with E-state index in [1.807, 2.05) is 0 Å². The van der Waals surface area contributed by atoms with E-state index in [2.05, 4.69) is 0 Å². The molecule has 0 bridgehead atoms. The highest BCUT2D eigenvalue weighted by Crippen LogP contribution is 2.23. The predicted molar refractivity (Wildman–Crippen MR) is 56.0 cm³/mol. The highest BCUT2D eigenvalue weighted by molar-refractivity contribution is 5.86. The Morgan fingerprint density at radius 2 is 2.06 bits per heavy atom. The van der Waals surface area contributed by atoms with Crippen molar-refractivity contribution in [2.45, 2.75) is 24.6 Å². The summed E-state index contributed by atoms with van der Waals surface area (Å²) in [5, 5.41) is 18.4. The second-order valence-electron chi connectivity index (χ2n) is 4.54. The Balaban J connectivity index is 2.10. The van der Waals surface area contributed by atoms with Crippen molar-refractivity contribution in [3.63, 3.8) is 0 Å². The van der Waals surface area contributed by atoms with Crippen LogP contribution in [0.2, 0.25) is 0 Å². The lowest BCUT2D eigenvalue weighted by Crippen LogP contribution is -2.48. The number of ether oxygens (including phenoxy) is 1. The smallest absolute Gasteiger partial charge is 0.326 e. The van der Waals surface area contributed by atoms with Gasteiger partial charge in [0.05, 0.1) is 25.2 Å². The number of aliphatic hydroxyl groups is 1. The normalized spacial score (nSPS) is 37.4. The van der Waals surface area contributed by atoms with E-state index in [-0.39, 0.29) is 25.5 Å². The summed E-state index contributed by atoms with van der Waals surface area (Å²) in [6.45, 7) is 0.586.